The number of carbonyl (C=O) groups excluding carboxylic acids is 2. The summed E-state index contributed by atoms with van der Waals surface area (Å²) in [6.07, 6.45) is 6.55. The number of nitrogens with zero attached hydrogens (tertiary/aromatic N) is 2. The number of hydrogen-bond acceptors (Lipinski definition) is 4. The first kappa shape index (κ1) is 16.5. The predicted molar refractivity (Wildman–Crippen MR) is 70.0 cm³/mol. The summed E-state index contributed by atoms with van der Waals surface area (Å²) in [5, 5.41) is 17.8. The maximum absolute atomic E-state index is 12.1. The molecule has 1 rings (SSSR count). The maximum Gasteiger partial charge on any atom is 0.326 e. The molecule has 0 unspecified atom stereocenters. The van der Waals surface area contributed by atoms with Gasteiger partial charge in [-0.05, 0) is 19.3 Å². The number of carboxylic acid groups (broad SMARTS) is 2. The molecule has 0 aliphatic carbocycles. The Bertz CT molecular complexity index is 495. The lowest BCUT2D eigenvalue weighted by Crippen LogP contribution is -2.54. The molecule has 8 heteroatoms. The number of carbonyl (C=O) groups is 4. The minimum absolute atomic E-state index is 0.151. The van der Waals surface area contributed by atoms with E-state index in [1.807, 2.05) is 0 Å². The van der Waals surface area contributed by atoms with Crippen LogP contribution in [-0.2, 0) is 19.2 Å². The predicted octanol–water partition coefficient (Wildman–Crippen LogP) is -1.00. The quantitative estimate of drug-likeness (QED) is 0.508. The second-order valence-corrected chi connectivity index (χ2v) is 4.61. The third-order valence-electron chi connectivity index (χ3n) is 3.13. The second-order valence-electron chi connectivity index (χ2n) is 4.61. The summed E-state index contributed by atoms with van der Waals surface area (Å²) in [7, 11) is 0. The summed E-state index contributed by atoms with van der Waals surface area (Å²) in [6.45, 7) is -0.888. The molecule has 0 spiro atoms. The highest BCUT2D eigenvalue weighted by Crippen LogP contribution is 2.18. The van der Waals surface area contributed by atoms with Gasteiger partial charge in [-0.25, -0.2) is 4.79 Å². The lowest BCUT2D eigenvalue weighted by atomic mass is 10.0. The molecular formula is C13H16N2O6. The molecule has 0 aromatic heterocycles. The van der Waals surface area contributed by atoms with Crippen molar-refractivity contribution in [1.29, 1.82) is 0 Å². The Morgan fingerprint density at radius 2 is 1.90 bits per heavy atom. The molecule has 8 nitrogen and oxygen atoms in total. The van der Waals surface area contributed by atoms with E-state index in [9.17, 15) is 19.2 Å². The van der Waals surface area contributed by atoms with Gasteiger partial charge < -0.3 is 20.0 Å². The normalized spacial score (nSPS) is 17.7. The topological polar surface area (TPSA) is 115 Å². The summed E-state index contributed by atoms with van der Waals surface area (Å²) in [4.78, 5) is 47.6. The van der Waals surface area contributed by atoms with Crippen molar-refractivity contribution in [1.82, 2.24) is 9.80 Å². The molecule has 1 aliphatic heterocycles. The lowest BCUT2D eigenvalue weighted by molar-refractivity contribution is -0.160. The summed E-state index contributed by atoms with van der Waals surface area (Å²) in [5.41, 5.74) is 0. The van der Waals surface area contributed by atoms with Crippen molar-refractivity contribution in [3.8, 4) is 12.3 Å². The number of amides is 2. The van der Waals surface area contributed by atoms with E-state index in [0.29, 0.717) is 17.7 Å². The van der Waals surface area contributed by atoms with Gasteiger partial charge in [-0.2, -0.15) is 0 Å². The average Bonchev–Trinajstić information content (AvgIpc) is 2.44. The van der Waals surface area contributed by atoms with Crippen molar-refractivity contribution in [2.75, 3.05) is 19.6 Å². The summed E-state index contributed by atoms with van der Waals surface area (Å²) in [6, 6.07) is -1.06. The van der Waals surface area contributed by atoms with E-state index in [0.717, 1.165) is 4.90 Å². The molecule has 2 amide bonds. The Balaban J connectivity index is 2.87. The Hall–Kier alpha value is -2.56. The number of carboxylic acids is 2. The smallest absolute Gasteiger partial charge is 0.326 e. The van der Waals surface area contributed by atoms with Crippen LogP contribution in [0.1, 0.15) is 19.3 Å². The molecule has 0 saturated carbocycles. The van der Waals surface area contributed by atoms with Crippen LogP contribution in [0, 0.1) is 12.3 Å². The first-order chi connectivity index (χ1) is 9.88. The third kappa shape index (κ3) is 4.21. The van der Waals surface area contributed by atoms with E-state index in [4.69, 9.17) is 16.6 Å². The molecule has 1 heterocycles. The molecule has 1 aliphatic rings. The molecule has 1 atom stereocenters. The van der Waals surface area contributed by atoms with Crippen molar-refractivity contribution in [3.63, 3.8) is 0 Å². The molecule has 1 fully saturated rings. The average molecular weight is 296 g/mol. The minimum Gasteiger partial charge on any atom is -0.480 e. The first-order valence-corrected chi connectivity index (χ1v) is 6.36. The SMILES string of the molecule is C#CCN(CC(=O)O)C(=O)C(=O)N1CCCC[C@@H]1C(=O)O. The Labute approximate surface area is 121 Å². The molecule has 114 valence electrons. The summed E-state index contributed by atoms with van der Waals surface area (Å²) >= 11 is 0. The Morgan fingerprint density at radius 3 is 2.43 bits per heavy atom. The number of aliphatic carboxylic acids is 2. The van der Waals surface area contributed by atoms with Crippen molar-refractivity contribution in [2.24, 2.45) is 0 Å². The van der Waals surface area contributed by atoms with Crippen molar-refractivity contribution < 1.29 is 29.4 Å². The third-order valence-corrected chi connectivity index (χ3v) is 3.13. The molecule has 2 N–H and O–H groups in total. The van der Waals surface area contributed by atoms with E-state index in [2.05, 4.69) is 5.92 Å². The van der Waals surface area contributed by atoms with Gasteiger partial charge >= 0.3 is 23.8 Å². The maximum atomic E-state index is 12.1. The van der Waals surface area contributed by atoms with E-state index >= 15 is 0 Å². The Kier molecular flexibility index (Phi) is 5.72. The standard InChI is InChI=1S/C13H16N2O6/c1-2-6-14(8-10(16)17)11(18)12(19)15-7-4-3-5-9(15)13(20)21/h1,9H,3-8H2,(H,16,17)(H,20,21)/t9-/m1/s1. The van der Waals surface area contributed by atoms with Crippen LogP contribution in [0.15, 0.2) is 0 Å². The summed E-state index contributed by atoms with van der Waals surface area (Å²) < 4.78 is 0. The van der Waals surface area contributed by atoms with Gasteiger partial charge in [0.25, 0.3) is 0 Å². The van der Waals surface area contributed by atoms with Crippen molar-refractivity contribution >= 4 is 23.8 Å². The van der Waals surface area contributed by atoms with Gasteiger partial charge in [0.2, 0.25) is 0 Å². The van der Waals surface area contributed by atoms with Crippen LogP contribution in [0.4, 0.5) is 0 Å². The van der Waals surface area contributed by atoms with Gasteiger partial charge in [0, 0.05) is 6.54 Å². The Morgan fingerprint density at radius 1 is 1.24 bits per heavy atom. The van der Waals surface area contributed by atoms with Crippen LogP contribution in [0.3, 0.4) is 0 Å². The fraction of sp³-hybridized carbons (Fsp3) is 0.538. The molecule has 0 radical (unpaired) electrons. The van der Waals surface area contributed by atoms with E-state index in [1.165, 1.54) is 0 Å². The molecular weight excluding hydrogens is 280 g/mol. The number of likely N-dealkylation sites (tertiary alicyclic amines) is 1. The first-order valence-electron chi connectivity index (χ1n) is 6.36. The van der Waals surface area contributed by atoms with Gasteiger partial charge in [0.1, 0.15) is 12.6 Å². The number of hydrogen-bond donors (Lipinski definition) is 2. The zero-order valence-electron chi connectivity index (χ0n) is 11.3. The highest BCUT2D eigenvalue weighted by atomic mass is 16.4. The van der Waals surface area contributed by atoms with E-state index in [1.54, 1.807) is 0 Å². The largest absolute Gasteiger partial charge is 0.480 e. The fourth-order valence-electron chi connectivity index (χ4n) is 2.16. The van der Waals surface area contributed by atoms with Crippen LogP contribution in [-0.4, -0.2) is 69.4 Å². The van der Waals surface area contributed by atoms with Gasteiger partial charge in [0.15, 0.2) is 0 Å². The van der Waals surface area contributed by atoms with Crippen molar-refractivity contribution in [3.05, 3.63) is 0 Å². The molecule has 21 heavy (non-hydrogen) atoms. The number of piperidine rings is 1. The molecule has 0 bridgehead atoms. The van der Waals surface area contributed by atoms with Crippen LogP contribution in [0.5, 0.6) is 0 Å². The zero-order valence-corrected chi connectivity index (χ0v) is 11.3. The number of rotatable bonds is 4. The van der Waals surface area contributed by atoms with Crippen LogP contribution >= 0.6 is 0 Å². The van der Waals surface area contributed by atoms with Gasteiger partial charge in [-0.15, -0.1) is 6.42 Å². The second kappa shape index (κ2) is 7.28. The monoisotopic (exact) mass is 296 g/mol. The van der Waals surface area contributed by atoms with Crippen LogP contribution < -0.4 is 0 Å². The van der Waals surface area contributed by atoms with Gasteiger partial charge in [0.05, 0.1) is 6.54 Å². The molecule has 0 aromatic rings. The zero-order chi connectivity index (χ0) is 16.0. The fourth-order valence-corrected chi connectivity index (χ4v) is 2.16. The summed E-state index contributed by atoms with van der Waals surface area (Å²) in [5.74, 6) is -2.51. The van der Waals surface area contributed by atoms with Crippen molar-refractivity contribution in [2.45, 2.75) is 25.3 Å². The molecule has 0 aromatic carbocycles. The van der Waals surface area contributed by atoms with E-state index in [-0.39, 0.29) is 19.5 Å². The lowest BCUT2D eigenvalue weighted by Gasteiger charge is -2.33. The van der Waals surface area contributed by atoms with Crippen LogP contribution in [0.2, 0.25) is 0 Å². The van der Waals surface area contributed by atoms with E-state index < -0.39 is 36.3 Å². The van der Waals surface area contributed by atoms with Gasteiger partial charge in [-0.3, -0.25) is 14.4 Å². The van der Waals surface area contributed by atoms with Gasteiger partial charge in [-0.1, -0.05) is 5.92 Å². The highest BCUT2D eigenvalue weighted by Gasteiger charge is 2.36. The van der Waals surface area contributed by atoms with Crippen LogP contribution in [0.25, 0.3) is 0 Å². The highest BCUT2D eigenvalue weighted by molar-refractivity contribution is 6.35. The minimum atomic E-state index is -1.31. The number of terminal acetylenes is 1. The molecule has 1 saturated heterocycles.